The minimum atomic E-state index is -1.08. The molecule has 0 bridgehead atoms. The highest BCUT2D eigenvalue weighted by Gasteiger charge is 2.44. The van der Waals surface area contributed by atoms with Crippen molar-refractivity contribution in [2.75, 3.05) is 6.54 Å². The average molecular weight is 214 g/mol. The maximum absolute atomic E-state index is 11.8. The summed E-state index contributed by atoms with van der Waals surface area (Å²) in [6.07, 6.45) is 2.19. The molecule has 1 rings (SSSR count). The molecule has 0 radical (unpaired) electrons. The smallest absolute Gasteiger partial charge is 0.329 e. The van der Waals surface area contributed by atoms with E-state index in [4.69, 9.17) is 10.8 Å². The first kappa shape index (κ1) is 12.0. The van der Waals surface area contributed by atoms with Crippen LogP contribution in [0.4, 0.5) is 0 Å². The number of piperidine rings is 1. The van der Waals surface area contributed by atoms with Crippen LogP contribution in [0, 0.1) is 0 Å². The molecular weight excluding hydrogens is 196 g/mol. The molecule has 1 heterocycles. The molecule has 1 unspecified atom stereocenters. The maximum Gasteiger partial charge on any atom is 0.329 e. The molecule has 1 amide bonds. The van der Waals surface area contributed by atoms with Crippen LogP contribution < -0.4 is 5.73 Å². The van der Waals surface area contributed by atoms with E-state index in [1.807, 2.05) is 0 Å². The molecule has 1 fully saturated rings. The summed E-state index contributed by atoms with van der Waals surface area (Å²) in [5, 5.41) is 9.16. The second-order valence-electron chi connectivity index (χ2n) is 4.31. The molecule has 3 N–H and O–H groups in total. The van der Waals surface area contributed by atoms with Crippen LogP contribution in [0.25, 0.3) is 0 Å². The lowest BCUT2D eigenvalue weighted by Gasteiger charge is -2.42. The molecule has 0 aliphatic carbocycles. The molecule has 0 saturated carbocycles. The fourth-order valence-corrected chi connectivity index (χ4v) is 1.94. The van der Waals surface area contributed by atoms with Crippen molar-refractivity contribution in [1.82, 2.24) is 4.90 Å². The molecule has 1 aliphatic rings. The number of hydrogen-bond donors (Lipinski definition) is 2. The molecule has 5 heteroatoms. The monoisotopic (exact) mass is 214 g/mol. The molecule has 0 aromatic rings. The van der Waals surface area contributed by atoms with Crippen LogP contribution in [-0.2, 0) is 9.59 Å². The second-order valence-corrected chi connectivity index (χ2v) is 4.31. The minimum absolute atomic E-state index is 0.278. The van der Waals surface area contributed by atoms with Crippen LogP contribution in [-0.4, -0.2) is 40.0 Å². The van der Waals surface area contributed by atoms with E-state index in [2.05, 4.69) is 0 Å². The van der Waals surface area contributed by atoms with Crippen molar-refractivity contribution >= 4 is 11.9 Å². The molecule has 0 spiro atoms. The zero-order valence-electron chi connectivity index (χ0n) is 9.19. The van der Waals surface area contributed by atoms with Crippen molar-refractivity contribution in [2.24, 2.45) is 5.73 Å². The third-order valence-corrected chi connectivity index (χ3v) is 3.01. The fourth-order valence-electron chi connectivity index (χ4n) is 1.94. The van der Waals surface area contributed by atoms with Crippen molar-refractivity contribution < 1.29 is 14.7 Å². The van der Waals surface area contributed by atoms with Crippen LogP contribution in [0.15, 0.2) is 0 Å². The largest absolute Gasteiger partial charge is 0.480 e. The predicted molar refractivity (Wildman–Crippen MR) is 55.3 cm³/mol. The molecular formula is C10H18N2O3. The first-order valence-corrected chi connectivity index (χ1v) is 5.20. The Bertz CT molecular complexity index is 278. The second kappa shape index (κ2) is 4.18. The van der Waals surface area contributed by atoms with Gasteiger partial charge in [0.2, 0.25) is 5.91 Å². The van der Waals surface area contributed by atoms with Gasteiger partial charge in [-0.2, -0.15) is 0 Å². The van der Waals surface area contributed by atoms with Crippen LogP contribution in [0.3, 0.4) is 0 Å². The van der Waals surface area contributed by atoms with E-state index < -0.39 is 17.6 Å². The van der Waals surface area contributed by atoms with Gasteiger partial charge in [0, 0.05) is 6.54 Å². The summed E-state index contributed by atoms with van der Waals surface area (Å²) in [6.45, 7) is 3.66. The molecule has 1 aliphatic heterocycles. The van der Waals surface area contributed by atoms with Crippen molar-refractivity contribution in [3.63, 3.8) is 0 Å². The number of carbonyl (C=O) groups excluding carboxylic acids is 1. The quantitative estimate of drug-likeness (QED) is 0.687. The Morgan fingerprint density at radius 1 is 1.47 bits per heavy atom. The van der Waals surface area contributed by atoms with Crippen LogP contribution in [0.1, 0.15) is 33.1 Å². The maximum atomic E-state index is 11.8. The third-order valence-electron chi connectivity index (χ3n) is 3.01. The number of nitrogens with two attached hydrogens (primary N) is 1. The van der Waals surface area contributed by atoms with Gasteiger partial charge in [0.25, 0.3) is 0 Å². The first-order chi connectivity index (χ1) is 6.89. The number of carboxylic acids is 1. The predicted octanol–water partition coefficient (Wildman–Crippen LogP) is 0.189. The highest BCUT2D eigenvalue weighted by Crippen LogP contribution is 2.28. The summed E-state index contributed by atoms with van der Waals surface area (Å²) in [5.41, 5.74) is 4.42. The Morgan fingerprint density at radius 2 is 2.07 bits per heavy atom. The number of hydrogen-bond acceptors (Lipinski definition) is 3. The van der Waals surface area contributed by atoms with E-state index in [1.165, 1.54) is 4.90 Å². The summed E-state index contributed by atoms with van der Waals surface area (Å²) in [5.74, 6) is -1.23. The molecule has 0 aromatic heterocycles. The van der Waals surface area contributed by atoms with Crippen LogP contribution in [0.2, 0.25) is 0 Å². The van der Waals surface area contributed by atoms with Gasteiger partial charge in [-0.3, -0.25) is 4.79 Å². The van der Waals surface area contributed by atoms with Gasteiger partial charge in [-0.25, -0.2) is 4.79 Å². The minimum Gasteiger partial charge on any atom is -0.480 e. The lowest BCUT2D eigenvalue weighted by molar-refractivity contribution is -0.161. The lowest BCUT2D eigenvalue weighted by atomic mass is 9.88. The summed E-state index contributed by atoms with van der Waals surface area (Å²) in [4.78, 5) is 24.3. The standard InChI is InChI=1S/C10H18N2O3/c1-7(11)8(13)12-6-4-3-5-10(12,2)9(14)15/h7H,3-6,11H2,1-2H3,(H,14,15)/t7-,10?/m0/s1. The van der Waals surface area contributed by atoms with E-state index in [9.17, 15) is 9.59 Å². The highest BCUT2D eigenvalue weighted by molar-refractivity contribution is 5.89. The van der Waals surface area contributed by atoms with E-state index in [1.54, 1.807) is 13.8 Å². The number of carboxylic acid groups (broad SMARTS) is 1. The zero-order chi connectivity index (χ0) is 11.6. The molecule has 86 valence electrons. The normalized spacial score (nSPS) is 28.6. The van der Waals surface area contributed by atoms with Crippen molar-refractivity contribution in [3.8, 4) is 0 Å². The van der Waals surface area contributed by atoms with Gasteiger partial charge in [0.15, 0.2) is 0 Å². The third kappa shape index (κ3) is 2.12. The summed E-state index contributed by atoms with van der Waals surface area (Å²) < 4.78 is 0. The SMILES string of the molecule is C[C@H](N)C(=O)N1CCCCC1(C)C(=O)O. The highest BCUT2D eigenvalue weighted by atomic mass is 16.4. The van der Waals surface area contributed by atoms with E-state index in [0.717, 1.165) is 12.8 Å². The Labute approximate surface area is 89.2 Å². The number of amides is 1. The number of carbonyl (C=O) groups is 2. The van der Waals surface area contributed by atoms with Gasteiger partial charge in [-0.05, 0) is 33.1 Å². The van der Waals surface area contributed by atoms with E-state index in [-0.39, 0.29) is 5.91 Å². The molecule has 15 heavy (non-hydrogen) atoms. The number of rotatable bonds is 2. The van der Waals surface area contributed by atoms with Gasteiger partial charge in [0.1, 0.15) is 5.54 Å². The van der Waals surface area contributed by atoms with Crippen molar-refractivity contribution in [2.45, 2.75) is 44.7 Å². The summed E-state index contributed by atoms with van der Waals surface area (Å²) >= 11 is 0. The van der Waals surface area contributed by atoms with Gasteiger partial charge < -0.3 is 15.7 Å². The van der Waals surface area contributed by atoms with Gasteiger partial charge >= 0.3 is 5.97 Å². The van der Waals surface area contributed by atoms with Crippen molar-refractivity contribution in [1.29, 1.82) is 0 Å². The Hall–Kier alpha value is -1.10. The summed E-state index contributed by atoms with van der Waals surface area (Å²) in [6, 6.07) is -0.637. The molecule has 1 saturated heterocycles. The van der Waals surface area contributed by atoms with Crippen molar-refractivity contribution in [3.05, 3.63) is 0 Å². The van der Waals surface area contributed by atoms with Gasteiger partial charge in [-0.15, -0.1) is 0 Å². The topological polar surface area (TPSA) is 83.6 Å². The van der Waals surface area contributed by atoms with E-state index >= 15 is 0 Å². The van der Waals surface area contributed by atoms with Crippen LogP contribution >= 0.6 is 0 Å². The summed E-state index contributed by atoms with van der Waals surface area (Å²) in [7, 11) is 0. The molecule has 0 aromatic carbocycles. The average Bonchev–Trinajstić information content (AvgIpc) is 2.17. The zero-order valence-corrected chi connectivity index (χ0v) is 9.19. The lowest BCUT2D eigenvalue weighted by Crippen LogP contribution is -2.60. The van der Waals surface area contributed by atoms with Crippen LogP contribution in [0.5, 0.6) is 0 Å². The van der Waals surface area contributed by atoms with Gasteiger partial charge in [0.05, 0.1) is 6.04 Å². The van der Waals surface area contributed by atoms with E-state index in [0.29, 0.717) is 13.0 Å². The number of likely N-dealkylation sites (tertiary alicyclic amines) is 1. The Morgan fingerprint density at radius 3 is 2.53 bits per heavy atom. The molecule has 5 nitrogen and oxygen atoms in total. The first-order valence-electron chi connectivity index (χ1n) is 5.20. The Balaban J connectivity index is 2.92. The molecule has 2 atom stereocenters. The number of aliphatic carboxylic acids is 1. The fraction of sp³-hybridized carbons (Fsp3) is 0.800. The number of nitrogens with zero attached hydrogens (tertiary/aromatic N) is 1. The van der Waals surface area contributed by atoms with Gasteiger partial charge in [-0.1, -0.05) is 0 Å². The Kier molecular flexibility index (Phi) is 3.34.